The number of rotatable bonds is 1. The summed E-state index contributed by atoms with van der Waals surface area (Å²) in [7, 11) is 1.12. The lowest BCUT2D eigenvalue weighted by Crippen LogP contribution is -2.04. The van der Waals surface area contributed by atoms with Gasteiger partial charge in [-0.2, -0.15) is 0 Å². The Balaban J connectivity index is 3.09. The van der Waals surface area contributed by atoms with Gasteiger partial charge in [0.1, 0.15) is 5.69 Å². The number of halogens is 3. The number of benzene rings is 1. The topological polar surface area (TPSA) is 3.24 Å². The van der Waals surface area contributed by atoms with Crippen molar-refractivity contribution in [3.05, 3.63) is 29.0 Å². The summed E-state index contributed by atoms with van der Waals surface area (Å²) in [5, 5.41) is 0.458. The lowest BCUT2D eigenvalue weighted by atomic mass is 10.3. The van der Waals surface area contributed by atoms with E-state index in [2.05, 4.69) is 0 Å². The molecular weight excluding hydrogens is 172 g/mol. The van der Waals surface area contributed by atoms with Crippen molar-refractivity contribution in [2.24, 2.45) is 0 Å². The molecule has 0 saturated carbocycles. The standard InChI is InChI=1S/C7H6ClF2N/c1-11(10)7-3-2-5(8)4-6(7)9/h2-4H,1H3. The largest absolute Gasteiger partial charge is 0.212 e. The fourth-order valence-corrected chi connectivity index (χ4v) is 0.890. The van der Waals surface area contributed by atoms with E-state index >= 15 is 0 Å². The molecule has 0 unspecified atom stereocenters. The first kappa shape index (κ1) is 8.27. The van der Waals surface area contributed by atoms with Gasteiger partial charge >= 0.3 is 0 Å². The van der Waals surface area contributed by atoms with Crippen LogP contribution in [0.25, 0.3) is 0 Å². The van der Waals surface area contributed by atoms with Crippen LogP contribution in [0.1, 0.15) is 0 Å². The van der Waals surface area contributed by atoms with E-state index in [0.29, 0.717) is 0 Å². The molecule has 0 amide bonds. The predicted molar refractivity (Wildman–Crippen MR) is 40.9 cm³/mol. The van der Waals surface area contributed by atoms with E-state index in [4.69, 9.17) is 11.6 Å². The molecule has 0 heterocycles. The Morgan fingerprint density at radius 1 is 1.45 bits per heavy atom. The zero-order valence-electron chi connectivity index (χ0n) is 5.81. The Labute approximate surface area is 68.1 Å². The molecule has 1 aromatic rings. The van der Waals surface area contributed by atoms with E-state index in [1.807, 2.05) is 0 Å². The van der Waals surface area contributed by atoms with Crippen molar-refractivity contribution in [3.63, 3.8) is 0 Å². The minimum Gasteiger partial charge on any atom is -0.212 e. The maximum atomic E-state index is 12.7. The lowest BCUT2D eigenvalue weighted by Gasteiger charge is -2.07. The van der Waals surface area contributed by atoms with Gasteiger partial charge in [-0.3, -0.25) is 0 Å². The Morgan fingerprint density at radius 2 is 2.09 bits per heavy atom. The minimum absolute atomic E-state index is 0.116. The molecule has 0 aromatic heterocycles. The molecule has 11 heavy (non-hydrogen) atoms. The van der Waals surface area contributed by atoms with Crippen LogP contribution >= 0.6 is 11.6 Å². The summed E-state index contributed by atoms with van der Waals surface area (Å²) in [6, 6.07) is 3.76. The van der Waals surface area contributed by atoms with Gasteiger partial charge in [-0.05, 0) is 18.2 Å². The lowest BCUT2D eigenvalue weighted by molar-refractivity contribution is 0.462. The maximum Gasteiger partial charge on any atom is 0.150 e. The second kappa shape index (κ2) is 3.05. The van der Waals surface area contributed by atoms with Crippen LogP contribution in [0.5, 0.6) is 0 Å². The molecule has 60 valence electrons. The quantitative estimate of drug-likeness (QED) is 0.597. The maximum absolute atomic E-state index is 12.7. The molecule has 0 atom stereocenters. The van der Waals surface area contributed by atoms with Crippen molar-refractivity contribution >= 4 is 17.3 Å². The Hall–Kier alpha value is -0.830. The van der Waals surface area contributed by atoms with Gasteiger partial charge in [0, 0.05) is 12.1 Å². The first-order valence-electron chi connectivity index (χ1n) is 2.96. The Morgan fingerprint density at radius 3 is 2.55 bits per heavy atom. The molecule has 0 saturated heterocycles. The van der Waals surface area contributed by atoms with Crippen molar-refractivity contribution in [1.29, 1.82) is 0 Å². The average molecular weight is 178 g/mol. The summed E-state index contributed by atoms with van der Waals surface area (Å²) < 4.78 is 25.1. The van der Waals surface area contributed by atoms with Gasteiger partial charge in [0.25, 0.3) is 0 Å². The highest BCUT2D eigenvalue weighted by Crippen LogP contribution is 2.21. The summed E-state index contributed by atoms with van der Waals surface area (Å²) in [5.74, 6) is -0.664. The van der Waals surface area contributed by atoms with Crippen LogP contribution in [0.4, 0.5) is 14.6 Å². The van der Waals surface area contributed by atoms with E-state index in [1.54, 1.807) is 0 Å². The van der Waals surface area contributed by atoms with Crippen LogP contribution in [0.2, 0.25) is 5.02 Å². The highest BCUT2D eigenvalue weighted by Gasteiger charge is 2.05. The third kappa shape index (κ3) is 1.80. The highest BCUT2D eigenvalue weighted by atomic mass is 35.5. The average Bonchev–Trinajstić information content (AvgIpc) is 1.85. The number of anilines is 1. The summed E-state index contributed by atoms with van der Waals surface area (Å²) >= 11 is 5.44. The molecule has 0 aliphatic rings. The molecule has 0 fully saturated rings. The van der Waals surface area contributed by atoms with Crippen molar-refractivity contribution in [2.75, 3.05) is 12.2 Å². The summed E-state index contributed by atoms with van der Waals surface area (Å²) in [6.07, 6.45) is 0. The molecular formula is C7H6ClF2N. The highest BCUT2D eigenvalue weighted by molar-refractivity contribution is 6.30. The van der Waals surface area contributed by atoms with Gasteiger partial charge in [0.2, 0.25) is 0 Å². The normalized spacial score (nSPS) is 9.82. The number of hydrogen-bond donors (Lipinski definition) is 0. The summed E-state index contributed by atoms with van der Waals surface area (Å²) in [5.41, 5.74) is -0.116. The molecule has 4 heteroatoms. The smallest absolute Gasteiger partial charge is 0.150 e. The van der Waals surface area contributed by atoms with Crippen LogP contribution in [0.3, 0.4) is 0 Å². The van der Waals surface area contributed by atoms with Gasteiger partial charge in [-0.25, -0.2) is 9.51 Å². The molecule has 1 rings (SSSR count). The fraction of sp³-hybridized carbons (Fsp3) is 0.143. The third-order valence-electron chi connectivity index (χ3n) is 1.24. The SMILES string of the molecule is CN(F)c1ccc(Cl)cc1F. The van der Waals surface area contributed by atoms with Crippen LogP contribution in [-0.4, -0.2) is 7.05 Å². The molecule has 0 aliphatic carbocycles. The van der Waals surface area contributed by atoms with Crippen molar-refractivity contribution in [2.45, 2.75) is 0 Å². The van der Waals surface area contributed by atoms with Crippen molar-refractivity contribution in [1.82, 2.24) is 0 Å². The second-order valence-electron chi connectivity index (χ2n) is 2.07. The monoisotopic (exact) mass is 177 g/mol. The van der Waals surface area contributed by atoms with E-state index in [9.17, 15) is 8.87 Å². The van der Waals surface area contributed by atoms with E-state index < -0.39 is 5.82 Å². The minimum atomic E-state index is -0.664. The number of hydrogen-bond acceptors (Lipinski definition) is 1. The predicted octanol–water partition coefficient (Wildman–Crippen LogP) is 2.80. The van der Waals surface area contributed by atoms with Crippen molar-refractivity contribution < 1.29 is 8.87 Å². The molecule has 0 bridgehead atoms. The molecule has 1 aromatic carbocycles. The molecule has 0 N–H and O–H groups in total. The van der Waals surface area contributed by atoms with Crippen LogP contribution in [0, 0.1) is 5.82 Å². The van der Waals surface area contributed by atoms with Gasteiger partial charge in [0.15, 0.2) is 5.82 Å². The van der Waals surface area contributed by atoms with Crippen molar-refractivity contribution in [3.8, 4) is 0 Å². The van der Waals surface area contributed by atoms with Crippen LogP contribution < -0.4 is 5.12 Å². The summed E-state index contributed by atoms with van der Waals surface area (Å²) in [6.45, 7) is 0. The third-order valence-corrected chi connectivity index (χ3v) is 1.48. The molecule has 1 nitrogen and oxygen atoms in total. The van der Waals surface area contributed by atoms with Gasteiger partial charge < -0.3 is 0 Å². The zero-order valence-corrected chi connectivity index (χ0v) is 6.57. The number of nitrogens with zero attached hydrogens (tertiary/aromatic N) is 1. The van der Waals surface area contributed by atoms with Gasteiger partial charge in [-0.15, -0.1) is 4.48 Å². The summed E-state index contributed by atoms with van der Waals surface area (Å²) in [4.78, 5) is 0. The molecule has 0 spiro atoms. The van der Waals surface area contributed by atoms with Crippen LogP contribution in [-0.2, 0) is 0 Å². The van der Waals surface area contributed by atoms with E-state index in [-0.39, 0.29) is 15.8 Å². The van der Waals surface area contributed by atoms with Crippen LogP contribution in [0.15, 0.2) is 18.2 Å². The fourth-order valence-electron chi connectivity index (χ4n) is 0.731. The Bertz CT molecular complexity index is 263. The first-order valence-corrected chi connectivity index (χ1v) is 3.33. The van der Waals surface area contributed by atoms with Gasteiger partial charge in [0.05, 0.1) is 0 Å². The van der Waals surface area contributed by atoms with Gasteiger partial charge in [-0.1, -0.05) is 11.6 Å². The second-order valence-corrected chi connectivity index (χ2v) is 2.51. The first-order chi connectivity index (χ1) is 5.11. The zero-order chi connectivity index (χ0) is 8.43. The molecule has 0 radical (unpaired) electrons. The van der Waals surface area contributed by atoms with E-state index in [1.165, 1.54) is 12.1 Å². The van der Waals surface area contributed by atoms with E-state index in [0.717, 1.165) is 13.1 Å². The molecule has 0 aliphatic heterocycles. The Kier molecular flexibility index (Phi) is 2.29.